The Balaban J connectivity index is 2.38. The van der Waals surface area contributed by atoms with Crippen molar-refractivity contribution in [2.75, 3.05) is 0 Å². The molecule has 1 aliphatic rings. The summed E-state index contributed by atoms with van der Waals surface area (Å²) in [6.45, 7) is 9.65. The maximum absolute atomic E-state index is 12.8. The summed E-state index contributed by atoms with van der Waals surface area (Å²) in [5.41, 5.74) is 1.69. The highest BCUT2D eigenvalue weighted by Crippen LogP contribution is 2.36. The first-order valence-electron chi connectivity index (χ1n) is 6.44. The molecule has 0 aromatic heterocycles. The van der Waals surface area contributed by atoms with Gasteiger partial charge >= 0.3 is 0 Å². The predicted octanol–water partition coefficient (Wildman–Crippen LogP) is 3.96. The highest BCUT2D eigenvalue weighted by Gasteiger charge is 2.36. The van der Waals surface area contributed by atoms with Crippen molar-refractivity contribution in [2.45, 2.75) is 37.1 Å². The monoisotopic (exact) mass is 355 g/mol. The van der Waals surface area contributed by atoms with E-state index >= 15 is 0 Å². The third-order valence-corrected chi connectivity index (χ3v) is 5.71. The number of rotatable bonds is 4. The first kappa shape index (κ1) is 15.3. The van der Waals surface area contributed by atoms with Gasteiger partial charge in [-0.05, 0) is 42.8 Å². The second-order valence-electron chi connectivity index (χ2n) is 5.09. The highest BCUT2D eigenvalue weighted by molar-refractivity contribution is 9.11. The maximum Gasteiger partial charge on any atom is 0.264 e. The van der Waals surface area contributed by atoms with Gasteiger partial charge in [0.05, 0.1) is 4.90 Å². The maximum atomic E-state index is 12.8. The normalized spacial score (nSPS) is 19.4. The van der Waals surface area contributed by atoms with Crippen LogP contribution in [-0.2, 0) is 10.0 Å². The van der Waals surface area contributed by atoms with E-state index < -0.39 is 10.0 Å². The van der Waals surface area contributed by atoms with Crippen molar-refractivity contribution in [3.05, 3.63) is 53.2 Å². The van der Waals surface area contributed by atoms with Crippen molar-refractivity contribution in [1.82, 2.24) is 4.31 Å². The van der Waals surface area contributed by atoms with E-state index in [-0.39, 0.29) is 6.04 Å². The first-order chi connectivity index (χ1) is 9.32. The zero-order chi connectivity index (χ0) is 14.9. The smallest absolute Gasteiger partial charge is 0.264 e. The van der Waals surface area contributed by atoms with E-state index in [9.17, 15) is 8.42 Å². The van der Waals surface area contributed by atoms with E-state index in [4.69, 9.17) is 0 Å². The molecular weight excluding hydrogens is 338 g/mol. The van der Waals surface area contributed by atoms with Gasteiger partial charge in [0.15, 0.2) is 0 Å². The van der Waals surface area contributed by atoms with Gasteiger partial charge in [-0.25, -0.2) is 8.42 Å². The summed E-state index contributed by atoms with van der Waals surface area (Å²) in [5, 5.41) is 0. The Morgan fingerprint density at radius 3 is 2.55 bits per heavy atom. The van der Waals surface area contributed by atoms with Crippen LogP contribution in [0.2, 0.25) is 0 Å². The summed E-state index contributed by atoms with van der Waals surface area (Å²) < 4.78 is 27.8. The summed E-state index contributed by atoms with van der Waals surface area (Å²) >= 11 is 3.32. The van der Waals surface area contributed by atoms with Crippen molar-refractivity contribution in [2.24, 2.45) is 0 Å². The van der Waals surface area contributed by atoms with E-state index in [1.807, 2.05) is 19.1 Å². The van der Waals surface area contributed by atoms with Crippen LogP contribution in [0.1, 0.15) is 24.8 Å². The van der Waals surface area contributed by atoms with Crippen LogP contribution in [0.25, 0.3) is 0 Å². The van der Waals surface area contributed by atoms with Gasteiger partial charge in [-0.2, -0.15) is 0 Å². The van der Waals surface area contributed by atoms with E-state index in [1.54, 1.807) is 12.1 Å². The Morgan fingerprint density at radius 2 is 2.00 bits per heavy atom. The molecule has 1 aromatic rings. The average molecular weight is 356 g/mol. The van der Waals surface area contributed by atoms with Gasteiger partial charge in [0, 0.05) is 11.7 Å². The quantitative estimate of drug-likeness (QED) is 0.819. The number of hydrogen-bond acceptors (Lipinski definition) is 2. The number of sulfonamides is 1. The molecule has 0 amide bonds. The van der Waals surface area contributed by atoms with E-state index in [0.29, 0.717) is 23.4 Å². The number of allylic oxidation sites excluding steroid dienone is 1. The van der Waals surface area contributed by atoms with Crippen LogP contribution >= 0.6 is 15.9 Å². The molecule has 1 heterocycles. The molecule has 108 valence electrons. The molecule has 0 radical (unpaired) electrons. The lowest BCUT2D eigenvalue weighted by Gasteiger charge is -2.27. The lowest BCUT2D eigenvalue weighted by molar-refractivity contribution is 0.421. The van der Waals surface area contributed by atoms with Crippen molar-refractivity contribution in [3.8, 4) is 0 Å². The van der Waals surface area contributed by atoms with Gasteiger partial charge in [-0.1, -0.05) is 46.8 Å². The van der Waals surface area contributed by atoms with Crippen LogP contribution < -0.4 is 0 Å². The highest BCUT2D eigenvalue weighted by atomic mass is 79.9. The fourth-order valence-electron chi connectivity index (χ4n) is 2.45. The minimum absolute atomic E-state index is 0.0966. The largest absolute Gasteiger partial charge is 0.267 e. The Morgan fingerprint density at radius 1 is 1.40 bits per heavy atom. The average Bonchev–Trinajstić information content (AvgIpc) is 2.70. The molecule has 1 saturated heterocycles. The van der Waals surface area contributed by atoms with Crippen LogP contribution in [-0.4, -0.2) is 18.8 Å². The van der Waals surface area contributed by atoms with Gasteiger partial charge in [-0.3, -0.25) is 4.31 Å². The van der Waals surface area contributed by atoms with Crippen molar-refractivity contribution < 1.29 is 8.42 Å². The number of nitrogens with zero attached hydrogens (tertiary/aromatic N) is 1. The Bertz CT molecular complexity index is 634. The lowest BCUT2D eigenvalue weighted by Crippen LogP contribution is -2.34. The van der Waals surface area contributed by atoms with Gasteiger partial charge in [0.1, 0.15) is 0 Å². The SMILES string of the molecule is C=C(Br)CC1CCC(=C)N1S(=O)(=O)c1ccc(C)cc1. The number of halogens is 1. The summed E-state index contributed by atoms with van der Waals surface area (Å²) in [6.07, 6.45) is 2.09. The Hall–Kier alpha value is -1.07. The molecule has 1 aromatic carbocycles. The lowest BCUT2D eigenvalue weighted by atomic mass is 10.1. The van der Waals surface area contributed by atoms with Gasteiger partial charge < -0.3 is 0 Å². The molecule has 5 heteroatoms. The van der Waals surface area contributed by atoms with E-state index in [1.165, 1.54) is 4.31 Å². The second kappa shape index (κ2) is 5.74. The van der Waals surface area contributed by atoms with Gasteiger partial charge in [-0.15, -0.1) is 0 Å². The molecule has 0 saturated carbocycles. The Labute approximate surface area is 129 Å². The number of aryl methyl sites for hydroxylation is 1. The van der Waals surface area contributed by atoms with Crippen molar-refractivity contribution >= 4 is 26.0 Å². The third kappa shape index (κ3) is 2.99. The molecule has 3 nitrogen and oxygen atoms in total. The summed E-state index contributed by atoms with van der Waals surface area (Å²) in [5.74, 6) is 0. The third-order valence-electron chi connectivity index (χ3n) is 3.44. The molecule has 1 atom stereocenters. The second-order valence-corrected chi connectivity index (χ2v) is 8.03. The van der Waals surface area contributed by atoms with Crippen molar-refractivity contribution in [3.63, 3.8) is 0 Å². The van der Waals surface area contributed by atoms with E-state index in [2.05, 4.69) is 29.1 Å². The molecule has 0 aliphatic carbocycles. The zero-order valence-corrected chi connectivity index (χ0v) is 13.9. The molecule has 0 bridgehead atoms. The minimum atomic E-state index is -3.53. The molecule has 1 fully saturated rings. The standard InChI is InChI=1S/C15H18BrNO2S/c1-11-4-8-15(9-5-11)20(18,19)17-13(3)6-7-14(17)10-12(2)16/h4-5,8-9,14H,2-3,6-7,10H2,1H3. The summed E-state index contributed by atoms with van der Waals surface area (Å²) in [4.78, 5) is 0.316. The molecule has 20 heavy (non-hydrogen) atoms. The van der Waals surface area contributed by atoms with Crippen LogP contribution in [0, 0.1) is 6.92 Å². The predicted molar refractivity (Wildman–Crippen MR) is 85.0 cm³/mol. The number of hydrogen-bond donors (Lipinski definition) is 0. The van der Waals surface area contributed by atoms with Crippen LogP contribution in [0.15, 0.2) is 52.5 Å². The van der Waals surface area contributed by atoms with Gasteiger partial charge in [0.25, 0.3) is 10.0 Å². The number of benzene rings is 1. The van der Waals surface area contributed by atoms with Crippen molar-refractivity contribution in [1.29, 1.82) is 0 Å². The molecular formula is C15H18BrNO2S. The minimum Gasteiger partial charge on any atom is -0.267 e. The fourth-order valence-corrected chi connectivity index (χ4v) is 4.53. The van der Waals surface area contributed by atoms with Crippen LogP contribution in [0.4, 0.5) is 0 Å². The molecule has 2 rings (SSSR count). The van der Waals surface area contributed by atoms with Crippen LogP contribution in [0.5, 0.6) is 0 Å². The van der Waals surface area contributed by atoms with Crippen LogP contribution in [0.3, 0.4) is 0 Å². The van der Waals surface area contributed by atoms with E-state index in [0.717, 1.165) is 16.5 Å². The zero-order valence-electron chi connectivity index (χ0n) is 11.5. The first-order valence-corrected chi connectivity index (χ1v) is 8.68. The molecule has 0 spiro atoms. The molecule has 1 unspecified atom stereocenters. The Kier molecular flexibility index (Phi) is 4.39. The fraction of sp³-hybridized carbons (Fsp3) is 0.333. The molecule has 0 N–H and O–H groups in total. The summed E-state index contributed by atoms with van der Waals surface area (Å²) in [6, 6.07) is 6.82. The molecule has 1 aliphatic heterocycles. The van der Waals surface area contributed by atoms with Gasteiger partial charge in [0.2, 0.25) is 0 Å². The summed E-state index contributed by atoms with van der Waals surface area (Å²) in [7, 11) is -3.53. The topological polar surface area (TPSA) is 37.4 Å².